The van der Waals surface area contributed by atoms with Crippen LogP contribution in [0.5, 0.6) is 5.75 Å². The van der Waals surface area contributed by atoms with E-state index in [0.717, 1.165) is 24.8 Å². The summed E-state index contributed by atoms with van der Waals surface area (Å²) in [6.45, 7) is 7.64. The van der Waals surface area contributed by atoms with Crippen molar-refractivity contribution in [1.82, 2.24) is 0 Å². The lowest BCUT2D eigenvalue weighted by atomic mass is 9.73. The molecule has 1 aliphatic carbocycles. The molecular weight excluding hydrogens is 332 g/mol. The summed E-state index contributed by atoms with van der Waals surface area (Å²) in [5.74, 6) is -1.13. The fourth-order valence-electron chi connectivity index (χ4n) is 3.82. The summed E-state index contributed by atoms with van der Waals surface area (Å²) >= 11 is 0. The Bertz CT molecular complexity index is 715. The molecular formula is C21H28O5. The van der Waals surface area contributed by atoms with E-state index in [0.29, 0.717) is 17.9 Å². The molecule has 0 fully saturated rings. The number of fused-ring (bicyclic) bond motifs is 1. The molecule has 0 aromatic heterocycles. The van der Waals surface area contributed by atoms with Gasteiger partial charge < -0.3 is 14.9 Å². The first-order valence-corrected chi connectivity index (χ1v) is 9.11. The van der Waals surface area contributed by atoms with Gasteiger partial charge in [-0.15, -0.1) is 0 Å². The fourth-order valence-corrected chi connectivity index (χ4v) is 3.82. The van der Waals surface area contributed by atoms with Gasteiger partial charge in [-0.05, 0) is 69.1 Å². The van der Waals surface area contributed by atoms with Gasteiger partial charge in [-0.3, -0.25) is 4.79 Å². The van der Waals surface area contributed by atoms with Crippen molar-refractivity contribution in [2.75, 3.05) is 0 Å². The number of carboxylic acid groups (broad SMARTS) is 1. The highest BCUT2D eigenvalue weighted by Gasteiger charge is 2.34. The van der Waals surface area contributed by atoms with Crippen LogP contribution in [0.25, 0.3) is 0 Å². The van der Waals surface area contributed by atoms with E-state index >= 15 is 0 Å². The molecule has 0 amide bonds. The van der Waals surface area contributed by atoms with Crippen molar-refractivity contribution in [3.05, 3.63) is 40.5 Å². The summed E-state index contributed by atoms with van der Waals surface area (Å²) in [7, 11) is 0. The number of carbonyl (C=O) groups excluding carboxylic acids is 1. The summed E-state index contributed by atoms with van der Waals surface area (Å²) in [5.41, 5.74) is 2.70. The molecule has 3 atom stereocenters. The fraction of sp³-hybridized carbons (Fsp3) is 0.524. The van der Waals surface area contributed by atoms with E-state index in [-0.39, 0.29) is 17.2 Å². The van der Waals surface area contributed by atoms with Crippen molar-refractivity contribution in [3.8, 4) is 5.75 Å². The van der Waals surface area contributed by atoms with E-state index in [1.807, 2.05) is 0 Å². The van der Waals surface area contributed by atoms with Gasteiger partial charge >= 0.3 is 11.9 Å². The van der Waals surface area contributed by atoms with Crippen LogP contribution in [0.1, 0.15) is 86.9 Å². The molecule has 0 saturated heterocycles. The Balaban J connectivity index is 2.40. The number of rotatable bonds is 6. The molecule has 0 heterocycles. The molecule has 1 aromatic carbocycles. The second kappa shape index (κ2) is 8.39. The number of phenolic OH excluding ortho intramolecular Hbond substituents is 1. The first kappa shape index (κ1) is 20.0. The zero-order valence-corrected chi connectivity index (χ0v) is 15.9. The molecule has 26 heavy (non-hydrogen) atoms. The largest absolute Gasteiger partial charge is 0.507 e. The molecule has 0 unspecified atom stereocenters. The highest BCUT2D eigenvalue weighted by atomic mass is 16.5. The molecule has 0 bridgehead atoms. The molecule has 0 spiro atoms. The van der Waals surface area contributed by atoms with Gasteiger partial charge in [-0.2, -0.15) is 0 Å². The molecule has 1 aliphatic rings. The molecule has 0 saturated carbocycles. The quantitative estimate of drug-likeness (QED) is 0.553. The van der Waals surface area contributed by atoms with Crippen LogP contribution in [0.4, 0.5) is 0 Å². The maximum absolute atomic E-state index is 11.4. The predicted molar refractivity (Wildman–Crippen MR) is 99.4 cm³/mol. The number of hydrogen-bond donors (Lipinski definition) is 2. The Morgan fingerprint density at radius 1 is 1.27 bits per heavy atom. The maximum Gasteiger partial charge on any atom is 0.335 e. The maximum atomic E-state index is 11.4. The Labute approximate surface area is 154 Å². The van der Waals surface area contributed by atoms with Crippen LogP contribution in [0.3, 0.4) is 0 Å². The molecule has 2 rings (SSSR count). The van der Waals surface area contributed by atoms with Gasteiger partial charge in [0.25, 0.3) is 0 Å². The summed E-state index contributed by atoms with van der Waals surface area (Å²) in [4.78, 5) is 22.8. The first-order chi connectivity index (χ1) is 12.2. The van der Waals surface area contributed by atoms with Crippen molar-refractivity contribution in [3.63, 3.8) is 0 Å². The number of benzene rings is 1. The summed E-state index contributed by atoms with van der Waals surface area (Å²) < 4.78 is 5.38. The van der Waals surface area contributed by atoms with Crippen LogP contribution in [0.15, 0.2) is 23.8 Å². The first-order valence-electron chi connectivity index (χ1n) is 9.11. The SMILES string of the molecule is CC(=O)O[C@@H]1CC[C@@H]([C@@H](C)CCC=C(C)C)c2cc(C(=O)O)cc(O)c21. The molecule has 142 valence electrons. The molecule has 0 radical (unpaired) electrons. The smallest absolute Gasteiger partial charge is 0.335 e. The lowest BCUT2D eigenvalue weighted by Gasteiger charge is -2.35. The molecule has 0 aliphatic heterocycles. The number of phenols is 1. The van der Waals surface area contributed by atoms with Gasteiger partial charge in [0.2, 0.25) is 0 Å². The number of allylic oxidation sites excluding steroid dienone is 2. The van der Waals surface area contributed by atoms with Crippen molar-refractivity contribution in [2.24, 2.45) is 5.92 Å². The number of hydrogen-bond acceptors (Lipinski definition) is 4. The van der Waals surface area contributed by atoms with Crippen LogP contribution in [-0.4, -0.2) is 22.2 Å². The van der Waals surface area contributed by atoms with Crippen LogP contribution in [0, 0.1) is 5.92 Å². The van der Waals surface area contributed by atoms with E-state index in [9.17, 15) is 19.8 Å². The standard InChI is InChI=1S/C21H28O5/c1-12(2)6-5-7-13(3)16-8-9-19(26-14(4)22)20-17(16)10-15(21(24)25)11-18(20)23/h6,10-11,13,16,19,23H,5,7-9H2,1-4H3,(H,24,25)/t13-,16-,19+/m0/s1. The molecule has 2 N–H and O–H groups in total. The Morgan fingerprint density at radius 3 is 2.54 bits per heavy atom. The zero-order chi connectivity index (χ0) is 19.4. The lowest BCUT2D eigenvalue weighted by Crippen LogP contribution is -2.23. The lowest BCUT2D eigenvalue weighted by molar-refractivity contribution is -0.147. The molecule has 1 aromatic rings. The Kier molecular flexibility index (Phi) is 6.46. The minimum Gasteiger partial charge on any atom is -0.507 e. The number of aromatic hydroxyl groups is 1. The van der Waals surface area contributed by atoms with Crippen LogP contribution >= 0.6 is 0 Å². The average molecular weight is 360 g/mol. The number of carbonyl (C=O) groups is 2. The topological polar surface area (TPSA) is 83.8 Å². The molecule has 5 nitrogen and oxygen atoms in total. The van der Waals surface area contributed by atoms with Crippen LogP contribution in [-0.2, 0) is 9.53 Å². The highest BCUT2D eigenvalue weighted by molar-refractivity contribution is 5.88. The van der Waals surface area contributed by atoms with E-state index in [1.54, 1.807) is 6.07 Å². The number of aromatic carboxylic acids is 1. The molecule has 5 heteroatoms. The van der Waals surface area contributed by atoms with Gasteiger partial charge in [-0.25, -0.2) is 4.79 Å². The van der Waals surface area contributed by atoms with Gasteiger partial charge in [0.1, 0.15) is 11.9 Å². The Morgan fingerprint density at radius 2 is 1.96 bits per heavy atom. The third kappa shape index (κ3) is 4.65. The predicted octanol–water partition coefficient (Wildman–Crippen LogP) is 4.95. The second-order valence-electron chi connectivity index (χ2n) is 7.42. The van der Waals surface area contributed by atoms with Gasteiger partial charge in [0.05, 0.1) is 5.56 Å². The third-order valence-electron chi connectivity index (χ3n) is 5.07. The van der Waals surface area contributed by atoms with E-state index in [1.165, 1.54) is 18.6 Å². The van der Waals surface area contributed by atoms with Gasteiger partial charge in [0, 0.05) is 12.5 Å². The van der Waals surface area contributed by atoms with Crippen LogP contribution in [0.2, 0.25) is 0 Å². The minimum absolute atomic E-state index is 0.0613. The van der Waals surface area contributed by atoms with E-state index < -0.39 is 18.0 Å². The van der Waals surface area contributed by atoms with Crippen molar-refractivity contribution in [1.29, 1.82) is 0 Å². The van der Waals surface area contributed by atoms with Gasteiger partial charge in [0.15, 0.2) is 0 Å². The number of carboxylic acids is 1. The highest BCUT2D eigenvalue weighted by Crippen LogP contribution is 2.47. The number of ether oxygens (including phenoxy) is 1. The third-order valence-corrected chi connectivity index (χ3v) is 5.07. The summed E-state index contributed by atoms with van der Waals surface area (Å²) in [6, 6.07) is 2.88. The van der Waals surface area contributed by atoms with Crippen LogP contribution < -0.4 is 0 Å². The van der Waals surface area contributed by atoms with E-state index in [4.69, 9.17) is 4.74 Å². The normalized spacial score (nSPS) is 20.0. The monoisotopic (exact) mass is 360 g/mol. The summed E-state index contributed by atoms with van der Waals surface area (Å²) in [6.07, 6.45) is 5.05. The van der Waals surface area contributed by atoms with Crippen molar-refractivity contribution >= 4 is 11.9 Å². The zero-order valence-electron chi connectivity index (χ0n) is 15.9. The minimum atomic E-state index is -1.08. The average Bonchev–Trinajstić information content (AvgIpc) is 2.53. The summed E-state index contributed by atoms with van der Waals surface area (Å²) in [5, 5.41) is 19.8. The van der Waals surface area contributed by atoms with Crippen molar-refractivity contribution < 1.29 is 24.5 Å². The second-order valence-corrected chi connectivity index (χ2v) is 7.42. The van der Waals surface area contributed by atoms with Gasteiger partial charge in [-0.1, -0.05) is 18.6 Å². The Hall–Kier alpha value is -2.30. The number of esters is 1. The van der Waals surface area contributed by atoms with E-state index in [2.05, 4.69) is 26.8 Å². The van der Waals surface area contributed by atoms with Crippen molar-refractivity contribution in [2.45, 2.75) is 65.4 Å².